The number of benzene rings is 1. The van der Waals surface area contributed by atoms with Crippen molar-refractivity contribution in [1.29, 1.82) is 0 Å². The zero-order chi connectivity index (χ0) is 18.6. The topological polar surface area (TPSA) is 84.3 Å². The van der Waals surface area contributed by atoms with Crippen LogP contribution in [0.25, 0.3) is 0 Å². The van der Waals surface area contributed by atoms with Crippen molar-refractivity contribution in [1.82, 2.24) is 19.2 Å². The standard InChI is InChI=1S/C17H21FN4O3S/c18-15-6-4-14(5-7-15)10-19-16(23)11-21-12-17(20-13-21)26(24,25)22-8-2-1-3-9-22/h4-7,12-13H,1-3,8-11H2,(H,19,23). The fourth-order valence-corrected chi connectivity index (χ4v) is 4.27. The Labute approximate surface area is 151 Å². The van der Waals surface area contributed by atoms with E-state index in [4.69, 9.17) is 0 Å². The van der Waals surface area contributed by atoms with Crippen LogP contribution < -0.4 is 5.32 Å². The fraction of sp³-hybridized carbons (Fsp3) is 0.412. The van der Waals surface area contributed by atoms with E-state index in [1.807, 2.05) is 0 Å². The number of hydrogen-bond donors (Lipinski definition) is 1. The second kappa shape index (κ2) is 7.96. The maximum Gasteiger partial charge on any atom is 0.262 e. The number of piperidine rings is 1. The van der Waals surface area contributed by atoms with Gasteiger partial charge in [-0.05, 0) is 30.5 Å². The second-order valence-electron chi connectivity index (χ2n) is 6.25. The van der Waals surface area contributed by atoms with Crippen LogP contribution in [0.1, 0.15) is 24.8 Å². The molecule has 1 aromatic heterocycles. The summed E-state index contributed by atoms with van der Waals surface area (Å²) < 4.78 is 40.8. The van der Waals surface area contributed by atoms with Gasteiger partial charge in [0.25, 0.3) is 10.0 Å². The molecular formula is C17H21FN4O3S. The highest BCUT2D eigenvalue weighted by Gasteiger charge is 2.28. The Morgan fingerprint density at radius 2 is 1.85 bits per heavy atom. The van der Waals surface area contributed by atoms with Crippen molar-refractivity contribution >= 4 is 15.9 Å². The molecule has 1 aliphatic heterocycles. The third kappa shape index (κ3) is 4.47. The Morgan fingerprint density at radius 1 is 1.15 bits per heavy atom. The van der Waals surface area contributed by atoms with Gasteiger partial charge in [0.2, 0.25) is 5.91 Å². The molecule has 0 radical (unpaired) electrons. The first-order chi connectivity index (χ1) is 12.4. The second-order valence-corrected chi connectivity index (χ2v) is 8.14. The van der Waals surface area contributed by atoms with Crippen LogP contribution in [0, 0.1) is 5.82 Å². The Kier molecular flexibility index (Phi) is 5.67. The summed E-state index contributed by atoms with van der Waals surface area (Å²) in [6.45, 7) is 1.25. The third-order valence-electron chi connectivity index (χ3n) is 4.26. The summed E-state index contributed by atoms with van der Waals surface area (Å²) in [6.07, 6.45) is 5.46. The lowest BCUT2D eigenvalue weighted by Gasteiger charge is -2.24. The zero-order valence-electron chi connectivity index (χ0n) is 14.3. The maximum absolute atomic E-state index is 12.9. The number of amides is 1. The minimum Gasteiger partial charge on any atom is -0.350 e. The van der Waals surface area contributed by atoms with E-state index in [1.54, 1.807) is 12.1 Å². The number of carbonyl (C=O) groups excluding carboxylic acids is 1. The van der Waals surface area contributed by atoms with Gasteiger partial charge in [0.15, 0.2) is 5.03 Å². The Morgan fingerprint density at radius 3 is 2.54 bits per heavy atom. The van der Waals surface area contributed by atoms with E-state index in [0.29, 0.717) is 13.1 Å². The molecule has 2 aromatic rings. The number of nitrogens with zero attached hydrogens (tertiary/aromatic N) is 3. The number of sulfonamides is 1. The number of hydrogen-bond acceptors (Lipinski definition) is 4. The third-order valence-corrected chi connectivity index (χ3v) is 6.04. The van der Waals surface area contributed by atoms with E-state index >= 15 is 0 Å². The fourth-order valence-electron chi connectivity index (χ4n) is 2.82. The molecule has 2 heterocycles. The summed E-state index contributed by atoms with van der Waals surface area (Å²) in [5.41, 5.74) is 0.777. The molecule has 140 valence electrons. The maximum atomic E-state index is 12.9. The number of imidazole rings is 1. The molecule has 7 nitrogen and oxygen atoms in total. The van der Waals surface area contributed by atoms with Crippen molar-refractivity contribution in [3.05, 3.63) is 48.2 Å². The monoisotopic (exact) mass is 380 g/mol. The normalized spacial score (nSPS) is 15.7. The Bertz CT molecular complexity index is 858. The SMILES string of the molecule is O=C(Cn1cnc(S(=O)(=O)N2CCCCC2)c1)NCc1ccc(F)cc1. The molecule has 1 aromatic carbocycles. The number of halogens is 1. The van der Waals surface area contributed by atoms with E-state index < -0.39 is 10.0 Å². The predicted octanol–water partition coefficient (Wildman–Crippen LogP) is 1.51. The van der Waals surface area contributed by atoms with Crippen molar-refractivity contribution in [2.45, 2.75) is 37.4 Å². The lowest BCUT2D eigenvalue weighted by Crippen LogP contribution is -2.35. The summed E-state index contributed by atoms with van der Waals surface area (Å²) in [5, 5.41) is 2.67. The molecule has 1 fully saturated rings. The van der Waals surface area contributed by atoms with Gasteiger partial charge in [0, 0.05) is 25.8 Å². The van der Waals surface area contributed by atoms with Crippen molar-refractivity contribution in [3.8, 4) is 0 Å². The van der Waals surface area contributed by atoms with Crippen molar-refractivity contribution in [2.24, 2.45) is 0 Å². The van der Waals surface area contributed by atoms with Gasteiger partial charge in [0.1, 0.15) is 12.4 Å². The smallest absolute Gasteiger partial charge is 0.262 e. The van der Waals surface area contributed by atoms with Gasteiger partial charge in [-0.1, -0.05) is 18.6 Å². The van der Waals surface area contributed by atoms with E-state index in [0.717, 1.165) is 24.8 Å². The van der Waals surface area contributed by atoms with Gasteiger partial charge in [-0.3, -0.25) is 4.79 Å². The average molecular weight is 380 g/mol. The number of nitrogens with one attached hydrogen (secondary N) is 1. The predicted molar refractivity (Wildman–Crippen MR) is 93.1 cm³/mol. The molecule has 0 spiro atoms. The number of aromatic nitrogens is 2. The van der Waals surface area contributed by atoms with Crippen LogP contribution >= 0.6 is 0 Å². The molecule has 0 unspecified atom stereocenters. The first-order valence-corrected chi connectivity index (χ1v) is 9.92. The molecule has 1 aliphatic rings. The van der Waals surface area contributed by atoms with E-state index in [2.05, 4.69) is 10.3 Å². The largest absolute Gasteiger partial charge is 0.350 e. The summed E-state index contributed by atoms with van der Waals surface area (Å²) >= 11 is 0. The lowest BCUT2D eigenvalue weighted by molar-refractivity contribution is -0.121. The molecule has 0 saturated carbocycles. The molecule has 1 N–H and O–H groups in total. The van der Waals surface area contributed by atoms with Gasteiger partial charge >= 0.3 is 0 Å². The van der Waals surface area contributed by atoms with Crippen molar-refractivity contribution in [2.75, 3.05) is 13.1 Å². The first kappa shape index (κ1) is 18.5. The molecule has 3 rings (SSSR count). The molecule has 26 heavy (non-hydrogen) atoms. The highest BCUT2D eigenvalue weighted by Crippen LogP contribution is 2.18. The Balaban J connectivity index is 1.57. The van der Waals surface area contributed by atoms with Gasteiger partial charge < -0.3 is 9.88 Å². The lowest BCUT2D eigenvalue weighted by atomic mass is 10.2. The van der Waals surface area contributed by atoms with Crippen LogP contribution in [0.15, 0.2) is 41.8 Å². The molecule has 0 atom stereocenters. The van der Waals surface area contributed by atoms with Gasteiger partial charge in [-0.25, -0.2) is 17.8 Å². The van der Waals surface area contributed by atoms with Crippen LogP contribution in [-0.4, -0.2) is 41.3 Å². The molecule has 1 saturated heterocycles. The minimum absolute atomic E-state index is 0.0364. The van der Waals surface area contributed by atoms with Crippen molar-refractivity contribution < 1.29 is 17.6 Å². The molecular weight excluding hydrogens is 359 g/mol. The van der Waals surface area contributed by atoms with Crippen LogP contribution in [0.5, 0.6) is 0 Å². The summed E-state index contributed by atoms with van der Waals surface area (Å²) in [6, 6.07) is 5.84. The number of rotatable bonds is 6. The van der Waals surface area contributed by atoms with E-state index in [-0.39, 0.29) is 29.8 Å². The van der Waals surface area contributed by atoms with E-state index in [1.165, 1.54) is 33.5 Å². The van der Waals surface area contributed by atoms with Gasteiger partial charge in [0.05, 0.1) is 6.33 Å². The molecule has 1 amide bonds. The first-order valence-electron chi connectivity index (χ1n) is 8.48. The van der Waals surface area contributed by atoms with Gasteiger partial charge in [-0.15, -0.1) is 0 Å². The number of carbonyl (C=O) groups is 1. The highest BCUT2D eigenvalue weighted by atomic mass is 32.2. The molecule has 0 aliphatic carbocycles. The Hall–Kier alpha value is -2.26. The van der Waals surface area contributed by atoms with Gasteiger partial charge in [-0.2, -0.15) is 4.31 Å². The van der Waals surface area contributed by atoms with E-state index in [9.17, 15) is 17.6 Å². The minimum atomic E-state index is -3.60. The summed E-state index contributed by atoms with van der Waals surface area (Å²) in [7, 11) is -3.60. The van der Waals surface area contributed by atoms with Crippen LogP contribution in [0.2, 0.25) is 0 Å². The quantitative estimate of drug-likeness (QED) is 0.823. The van der Waals surface area contributed by atoms with Crippen LogP contribution in [0.4, 0.5) is 4.39 Å². The van der Waals surface area contributed by atoms with Crippen LogP contribution in [-0.2, 0) is 27.9 Å². The summed E-state index contributed by atoms with van der Waals surface area (Å²) in [5.74, 6) is -0.616. The highest BCUT2D eigenvalue weighted by molar-refractivity contribution is 7.89. The van der Waals surface area contributed by atoms with Crippen molar-refractivity contribution in [3.63, 3.8) is 0 Å². The summed E-state index contributed by atoms with van der Waals surface area (Å²) in [4.78, 5) is 16.0. The van der Waals surface area contributed by atoms with Crippen LogP contribution in [0.3, 0.4) is 0 Å². The molecule has 9 heteroatoms. The molecule has 0 bridgehead atoms. The average Bonchev–Trinajstić information content (AvgIpc) is 3.11. The zero-order valence-corrected chi connectivity index (χ0v) is 15.1.